The Bertz CT molecular complexity index is 302. The second-order valence-electron chi connectivity index (χ2n) is 3.23. The molecule has 0 saturated heterocycles. The van der Waals surface area contributed by atoms with Crippen LogP contribution in [0.4, 0.5) is 13.2 Å². The van der Waals surface area contributed by atoms with Crippen LogP contribution in [-0.2, 0) is 6.18 Å². The zero-order valence-corrected chi connectivity index (χ0v) is 7.93. The number of alkyl halides is 3. The first kappa shape index (κ1) is 11.1. The molecule has 1 aromatic carbocycles. The fourth-order valence-electron chi connectivity index (χ4n) is 1.20. The summed E-state index contributed by atoms with van der Waals surface area (Å²) in [6, 6.07) is 5.34. The summed E-state index contributed by atoms with van der Waals surface area (Å²) >= 11 is 0. The normalized spacial score (nSPS) is 14.1. The summed E-state index contributed by atoms with van der Waals surface area (Å²) in [6.45, 7) is 5.68. The molecule has 1 aromatic rings. The van der Waals surface area contributed by atoms with Crippen LogP contribution in [-0.4, -0.2) is 0 Å². The first-order chi connectivity index (χ1) is 6.45. The first-order valence-corrected chi connectivity index (χ1v) is 4.45. The van der Waals surface area contributed by atoms with E-state index in [-0.39, 0.29) is 5.92 Å². The molecule has 0 fully saturated rings. The molecule has 0 saturated carbocycles. The molecule has 1 rings (SSSR count). The van der Waals surface area contributed by atoms with Gasteiger partial charge in [0, 0.05) is 0 Å². The van der Waals surface area contributed by atoms with Crippen LogP contribution in [0.1, 0.15) is 30.4 Å². The lowest BCUT2D eigenvalue weighted by atomic mass is 9.97. The standard InChI is InChI=1S/C11H12F3/c1-3-8(2)9-5-4-6-10(7-9)11(12,13)14/h4-8H,2-3H2,1H3. The van der Waals surface area contributed by atoms with E-state index in [4.69, 9.17) is 0 Å². The van der Waals surface area contributed by atoms with Crippen LogP contribution < -0.4 is 0 Å². The molecule has 14 heavy (non-hydrogen) atoms. The lowest BCUT2D eigenvalue weighted by Crippen LogP contribution is -2.05. The summed E-state index contributed by atoms with van der Waals surface area (Å²) in [7, 11) is 0. The zero-order chi connectivity index (χ0) is 10.8. The Kier molecular flexibility index (Phi) is 3.19. The average Bonchev–Trinajstić information content (AvgIpc) is 2.15. The molecular weight excluding hydrogens is 189 g/mol. The Morgan fingerprint density at radius 1 is 1.36 bits per heavy atom. The van der Waals surface area contributed by atoms with Crippen molar-refractivity contribution in [3.63, 3.8) is 0 Å². The van der Waals surface area contributed by atoms with Gasteiger partial charge in [0.1, 0.15) is 0 Å². The molecule has 0 aliphatic rings. The zero-order valence-electron chi connectivity index (χ0n) is 7.93. The van der Waals surface area contributed by atoms with Gasteiger partial charge in [-0.3, -0.25) is 0 Å². The Morgan fingerprint density at radius 2 is 2.00 bits per heavy atom. The van der Waals surface area contributed by atoms with Crippen LogP contribution in [0.15, 0.2) is 24.3 Å². The molecule has 0 amide bonds. The van der Waals surface area contributed by atoms with Crippen LogP contribution in [0.2, 0.25) is 0 Å². The van der Waals surface area contributed by atoms with Gasteiger partial charge in [0.25, 0.3) is 0 Å². The lowest BCUT2D eigenvalue weighted by molar-refractivity contribution is -0.137. The monoisotopic (exact) mass is 201 g/mol. The molecule has 0 heterocycles. The van der Waals surface area contributed by atoms with Gasteiger partial charge in [-0.1, -0.05) is 25.1 Å². The highest BCUT2D eigenvalue weighted by atomic mass is 19.4. The van der Waals surface area contributed by atoms with Crippen molar-refractivity contribution in [1.82, 2.24) is 0 Å². The summed E-state index contributed by atoms with van der Waals surface area (Å²) in [6.07, 6.45) is -3.52. The summed E-state index contributed by atoms with van der Waals surface area (Å²) in [4.78, 5) is 0. The third-order valence-corrected chi connectivity index (χ3v) is 2.18. The van der Waals surface area contributed by atoms with E-state index >= 15 is 0 Å². The van der Waals surface area contributed by atoms with Gasteiger partial charge in [-0.05, 0) is 30.9 Å². The van der Waals surface area contributed by atoms with Crippen molar-refractivity contribution in [3.05, 3.63) is 42.3 Å². The van der Waals surface area contributed by atoms with E-state index < -0.39 is 11.7 Å². The molecule has 0 bridgehead atoms. The summed E-state index contributed by atoms with van der Waals surface area (Å²) in [5, 5.41) is 0. The molecule has 1 radical (unpaired) electrons. The topological polar surface area (TPSA) is 0 Å². The Labute approximate surface area is 81.8 Å². The highest BCUT2D eigenvalue weighted by molar-refractivity contribution is 5.28. The van der Waals surface area contributed by atoms with Gasteiger partial charge in [-0.2, -0.15) is 13.2 Å². The molecule has 0 N–H and O–H groups in total. The Balaban J connectivity index is 3.01. The minimum Gasteiger partial charge on any atom is -0.166 e. The molecule has 0 nitrogen and oxygen atoms in total. The van der Waals surface area contributed by atoms with Crippen LogP contribution in [0.25, 0.3) is 0 Å². The summed E-state index contributed by atoms with van der Waals surface area (Å²) in [5.74, 6) is -0.0719. The molecule has 1 atom stereocenters. The molecular formula is C11H12F3. The number of hydrogen-bond acceptors (Lipinski definition) is 0. The van der Waals surface area contributed by atoms with Gasteiger partial charge in [0.15, 0.2) is 0 Å². The predicted octanol–water partition coefficient (Wildman–Crippen LogP) is 4.03. The minimum atomic E-state index is -4.26. The van der Waals surface area contributed by atoms with Gasteiger partial charge in [0.05, 0.1) is 5.56 Å². The van der Waals surface area contributed by atoms with Crippen molar-refractivity contribution < 1.29 is 13.2 Å². The van der Waals surface area contributed by atoms with E-state index in [9.17, 15) is 13.2 Å². The maximum Gasteiger partial charge on any atom is 0.416 e. The van der Waals surface area contributed by atoms with Gasteiger partial charge in [0.2, 0.25) is 0 Å². The van der Waals surface area contributed by atoms with Crippen molar-refractivity contribution >= 4 is 0 Å². The number of hydrogen-bond donors (Lipinski definition) is 0. The molecule has 1 unspecified atom stereocenters. The first-order valence-electron chi connectivity index (χ1n) is 4.45. The van der Waals surface area contributed by atoms with E-state index in [1.165, 1.54) is 12.1 Å². The fourth-order valence-corrected chi connectivity index (χ4v) is 1.20. The minimum absolute atomic E-state index is 0.0719. The fraction of sp³-hybridized carbons (Fsp3) is 0.364. The molecule has 77 valence electrons. The van der Waals surface area contributed by atoms with Crippen LogP contribution in [0.5, 0.6) is 0 Å². The molecule has 3 heteroatoms. The highest BCUT2D eigenvalue weighted by Crippen LogP contribution is 2.31. The molecule has 0 aromatic heterocycles. The van der Waals surface area contributed by atoms with Crippen molar-refractivity contribution in [3.8, 4) is 0 Å². The lowest BCUT2D eigenvalue weighted by Gasteiger charge is -2.12. The second kappa shape index (κ2) is 4.03. The Morgan fingerprint density at radius 3 is 2.50 bits per heavy atom. The van der Waals surface area contributed by atoms with E-state index in [1.54, 1.807) is 6.07 Å². The van der Waals surface area contributed by atoms with E-state index in [0.29, 0.717) is 5.56 Å². The van der Waals surface area contributed by atoms with Gasteiger partial charge in [-0.25, -0.2) is 0 Å². The maximum absolute atomic E-state index is 12.3. The van der Waals surface area contributed by atoms with Gasteiger partial charge in [-0.15, -0.1) is 0 Å². The third-order valence-electron chi connectivity index (χ3n) is 2.18. The number of benzene rings is 1. The van der Waals surface area contributed by atoms with Crippen molar-refractivity contribution in [2.45, 2.75) is 25.4 Å². The van der Waals surface area contributed by atoms with Crippen LogP contribution in [0, 0.1) is 6.92 Å². The molecule has 0 spiro atoms. The maximum atomic E-state index is 12.3. The van der Waals surface area contributed by atoms with Crippen LogP contribution >= 0.6 is 0 Å². The van der Waals surface area contributed by atoms with Crippen molar-refractivity contribution in [2.24, 2.45) is 0 Å². The largest absolute Gasteiger partial charge is 0.416 e. The Hall–Kier alpha value is -0.990. The summed E-state index contributed by atoms with van der Waals surface area (Å²) in [5.41, 5.74) is 0.0411. The number of halogens is 3. The average molecular weight is 201 g/mol. The summed E-state index contributed by atoms with van der Waals surface area (Å²) < 4.78 is 36.9. The van der Waals surface area contributed by atoms with Crippen LogP contribution in [0.3, 0.4) is 0 Å². The molecule has 0 aliphatic heterocycles. The van der Waals surface area contributed by atoms with E-state index in [0.717, 1.165) is 12.5 Å². The predicted molar refractivity (Wildman–Crippen MR) is 49.8 cm³/mol. The number of rotatable bonds is 2. The third kappa shape index (κ3) is 2.50. The quantitative estimate of drug-likeness (QED) is 0.677. The van der Waals surface area contributed by atoms with E-state index in [2.05, 4.69) is 6.92 Å². The van der Waals surface area contributed by atoms with Gasteiger partial charge >= 0.3 is 6.18 Å². The highest BCUT2D eigenvalue weighted by Gasteiger charge is 2.30. The van der Waals surface area contributed by atoms with Gasteiger partial charge < -0.3 is 0 Å². The SMILES string of the molecule is [CH2]C(CC)c1cccc(C(F)(F)F)c1. The van der Waals surface area contributed by atoms with Crippen molar-refractivity contribution in [2.75, 3.05) is 0 Å². The second-order valence-corrected chi connectivity index (χ2v) is 3.23. The molecule has 0 aliphatic carbocycles. The van der Waals surface area contributed by atoms with E-state index in [1.807, 2.05) is 6.92 Å². The van der Waals surface area contributed by atoms with Crippen molar-refractivity contribution in [1.29, 1.82) is 0 Å². The smallest absolute Gasteiger partial charge is 0.166 e.